The molecule has 6 heteroatoms. The molecule has 144 valence electrons. The summed E-state index contributed by atoms with van der Waals surface area (Å²) in [5.41, 5.74) is 2.34. The van der Waals surface area contributed by atoms with E-state index in [2.05, 4.69) is 22.2 Å². The number of carbonyl (C=O) groups excluding carboxylic acids is 1. The van der Waals surface area contributed by atoms with E-state index < -0.39 is 15.6 Å². The molecule has 0 saturated carbocycles. The molecule has 0 bridgehead atoms. The van der Waals surface area contributed by atoms with Gasteiger partial charge in [0.1, 0.15) is 0 Å². The summed E-state index contributed by atoms with van der Waals surface area (Å²) in [5.74, 6) is -0.190. The van der Waals surface area contributed by atoms with Crippen molar-refractivity contribution in [2.24, 2.45) is 0 Å². The third-order valence-corrected chi connectivity index (χ3v) is 6.32. The standard InChI is InChI=1S/C21H26N2O3S/c1-21(2,3)23-27(25,26)17-13-11-16(12-14-17)20(24)22-19-10-6-8-15-7-4-5-9-18(15)19/h4-5,7,9,11-14,19,23H,6,8,10H2,1-3H3,(H,22,24). The van der Waals surface area contributed by atoms with E-state index in [0.717, 1.165) is 19.3 Å². The van der Waals surface area contributed by atoms with Crippen LogP contribution in [0.3, 0.4) is 0 Å². The molecule has 1 aliphatic rings. The Morgan fingerprint density at radius 2 is 1.70 bits per heavy atom. The number of hydrogen-bond donors (Lipinski definition) is 2. The first-order valence-electron chi connectivity index (χ1n) is 9.18. The minimum Gasteiger partial charge on any atom is -0.345 e. The Kier molecular flexibility index (Phi) is 5.40. The predicted octanol–water partition coefficient (Wildman–Crippen LogP) is 3.57. The van der Waals surface area contributed by atoms with Crippen molar-refractivity contribution < 1.29 is 13.2 Å². The van der Waals surface area contributed by atoms with Crippen LogP contribution in [0, 0.1) is 0 Å². The number of amides is 1. The van der Waals surface area contributed by atoms with Crippen molar-refractivity contribution in [3.63, 3.8) is 0 Å². The van der Waals surface area contributed by atoms with Gasteiger partial charge < -0.3 is 5.32 Å². The number of sulfonamides is 1. The van der Waals surface area contributed by atoms with Crippen LogP contribution in [-0.4, -0.2) is 19.9 Å². The van der Waals surface area contributed by atoms with E-state index in [1.807, 2.05) is 12.1 Å². The lowest BCUT2D eigenvalue weighted by atomic mass is 9.87. The van der Waals surface area contributed by atoms with Crippen molar-refractivity contribution in [2.45, 2.75) is 56.5 Å². The maximum atomic E-state index is 12.6. The largest absolute Gasteiger partial charge is 0.345 e. The number of carbonyl (C=O) groups is 1. The number of benzene rings is 2. The van der Waals surface area contributed by atoms with E-state index in [-0.39, 0.29) is 16.8 Å². The fraction of sp³-hybridized carbons (Fsp3) is 0.381. The molecular weight excluding hydrogens is 360 g/mol. The Labute approximate surface area is 161 Å². The van der Waals surface area contributed by atoms with Gasteiger partial charge in [-0.25, -0.2) is 13.1 Å². The summed E-state index contributed by atoms with van der Waals surface area (Å²) in [5, 5.41) is 3.08. The molecule has 2 aromatic rings. The third-order valence-electron chi connectivity index (χ3n) is 4.54. The van der Waals surface area contributed by atoms with Gasteiger partial charge in [0.25, 0.3) is 5.91 Å². The highest BCUT2D eigenvalue weighted by atomic mass is 32.2. The minimum atomic E-state index is -3.61. The van der Waals surface area contributed by atoms with Crippen LogP contribution < -0.4 is 10.0 Å². The zero-order chi connectivity index (χ0) is 19.7. The van der Waals surface area contributed by atoms with Crippen molar-refractivity contribution in [1.29, 1.82) is 0 Å². The lowest BCUT2D eigenvalue weighted by Gasteiger charge is -2.26. The second-order valence-electron chi connectivity index (χ2n) is 8.00. The molecule has 0 aromatic heterocycles. The molecule has 0 spiro atoms. The number of rotatable bonds is 4. The average molecular weight is 387 g/mol. The summed E-state index contributed by atoms with van der Waals surface area (Å²) in [4.78, 5) is 12.8. The molecule has 0 saturated heterocycles. The molecule has 0 heterocycles. The second kappa shape index (κ2) is 7.44. The number of fused-ring (bicyclic) bond motifs is 1. The van der Waals surface area contributed by atoms with Crippen LogP contribution in [0.2, 0.25) is 0 Å². The molecule has 2 N–H and O–H groups in total. The van der Waals surface area contributed by atoms with Crippen molar-refractivity contribution in [3.05, 3.63) is 65.2 Å². The Balaban J connectivity index is 1.74. The van der Waals surface area contributed by atoms with Crippen LogP contribution in [0.15, 0.2) is 53.4 Å². The highest BCUT2D eigenvalue weighted by molar-refractivity contribution is 7.89. The van der Waals surface area contributed by atoms with Crippen LogP contribution in [0.5, 0.6) is 0 Å². The van der Waals surface area contributed by atoms with Gasteiger partial charge in [-0.2, -0.15) is 0 Å². The summed E-state index contributed by atoms with van der Waals surface area (Å²) in [6.45, 7) is 5.36. The summed E-state index contributed by atoms with van der Waals surface area (Å²) in [6, 6.07) is 14.2. The number of nitrogens with one attached hydrogen (secondary N) is 2. The first-order valence-corrected chi connectivity index (χ1v) is 10.7. The van der Waals surface area contributed by atoms with Gasteiger partial charge in [0.15, 0.2) is 0 Å². The monoisotopic (exact) mass is 386 g/mol. The Morgan fingerprint density at radius 3 is 2.37 bits per heavy atom. The molecule has 1 unspecified atom stereocenters. The van der Waals surface area contributed by atoms with Gasteiger partial charge in [-0.15, -0.1) is 0 Å². The Bertz CT molecular complexity index is 929. The molecule has 0 radical (unpaired) electrons. The quantitative estimate of drug-likeness (QED) is 0.843. The molecule has 1 amide bonds. The molecule has 3 rings (SSSR count). The highest BCUT2D eigenvalue weighted by Crippen LogP contribution is 2.29. The van der Waals surface area contributed by atoms with E-state index >= 15 is 0 Å². The first kappa shape index (κ1) is 19.6. The van der Waals surface area contributed by atoms with Crippen LogP contribution in [0.25, 0.3) is 0 Å². The van der Waals surface area contributed by atoms with Gasteiger partial charge in [-0.1, -0.05) is 24.3 Å². The smallest absolute Gasteiger partial charge is 0.251 e. The van der Waals surface area contributed by atoms with Gasteiger partial charge in [0, 0.05) is 11.1 Å². The van der Waals surface area contributed by atoms with Crippen molar-refractivity contribution in [2.75, 3.05) is 0 Å². The van der Waals surface area contributed by atoms with Gasteiger partial charge in [0.2, 0.25) is 10.0 Å². The maximum Gasteiger partial charge on any atom is 0.251 e. The van der Waals surface area contributed by atoms with Gasteiger partial charge in [-0.3, -0.25) is 4.79 Å². The van der Waals surface area contributed by atoms with Crippen molar-refractivity contribution in [3.8, 4) is 0 Å². The number of hydrogen-bond acceptors (Lipinski definition) is 3. The summed E-state index contributed by atoms with van der Waals surface area (Å²) < 4.78 is 27.4. The average Bonchev–Trinajstić information content (AvgIpc) is 2.60. The van der Waals surface area contributed by atoms with Crippen molar-refractivity contribution >= 4 is 15.9 Å². The number of aryl methyl sites for hydroxylation is 1. The molecule has 5 nitrogen and oxygen atoms in total. The topological polar surface area (TPSA) is 75.3 Å². The lowest BCUT2D eigenvalue weighted by molar-refractivity contribution is 0.0932. The van der Waals surface area contributed by atoms with Gasteiger partial charge >= 0.3 is 0 Å². The molecule has 1 aliphatic carbocycles. The molecular formula is C21H26N2O3S. The lowest BCUT2D eigenvalue weighted by Crippen LogP contribution is -2.40. The van der Waals surface area contributed by atoms with E-state index in [1.54, 1.807) is 32.9 Å². The van der Waals surface area contributed by atoms with Gasteiger partial charge in [0.05, 0.1) is 10.9 Å². The fourth-order valence-electron chi connectivity index (χ4n) is 3.39. The van der Waals surface area contributed by atoms with Crippen LogP contribution >= 0.6 is 0 Å². The molecule has 0 fully saturated rings. The van der Waals surface area contributed by atoms with Crippen LogP contribution in [0.1, 0.15) is 61.1 Å². The zero-order valence-electron chi connectivity index (χ0n) is 16.0. The minimum absolute atomic E-state index is 0.00610. The second-order valence-corrected chi connectivity index (χ2v) is 9.68. The molecule has 0 aliphatic heterocycles. The van der Waals surface area contributed by atoms with Crippen molar-refractivity contribution in [1.82, 2.24) is 10.0 Å². The molecule has 2 aromatic carbocycles. The van der Waals surface area contributed by atoms with E-state index in [0.29, 0.717) is 5.56 Å². The predicted molar refractivity (Wildman–Crippen MR) is 106 cm³/mol. The summed E-state index contributed by atoms with van der Waals surface area (Å²) in [7, 11) is -3.61. The maximum absolute atomic E-state index is 12.6. The van der Waals surface area contributed by atoms with E-state index in [9.17, 15) is 13.2 Å². The normalized spacial score (nSPS) is 17.2. The Morgan fingerprint density at radius 1 is 1.04 bits per heavy atom. The SMILES string of the molecule is CC(C)(C)NS(=O)(=O)c1ccc(C(=O)NC2CCCc3ccccc32)cc1. The summed E-state index contributed by atoms with van der Waals surface area (Å²) >= 11 is 0. The summed E-state index contributed by atoms with van der Waals surface area (Å²) in [6.07, 6.45) is 2.98. The van der Waals surface area contributed by atoms with Crippen LogP contribution in [0.4, 0.5) is 0 Å². The Hall–Kier alpha value is -2.18. The van der Waals surface area contributed by atoms with Crippen LogP contribution in [-0.2, 0) is 16.4 Å². The van der Waals surface area contributed by atoms with Gasteiger partial charge in [-0.05, 0) is 75.4 Å². The highest BCUT2D eigenvalue weighted by Gasteiger charge is 2.24. The first-order chi connectivity index (χ1) is 12.7. The zero-order valence-corrected chi connectivity index (χ0v) is 16.8. The van der Waals surface area contributed by atoms with E-state index in [4.69, 9.17) is 0 Å². The third kappa shape index (κ3) is 4.76. The molecule has 27 heavy (non-hydrogen) atoms. The van der Waals surface area contributed by atoms with E-state index in [1.165, 1.54) is 23.3 Å². The fourth-order valence-corrected chi connectivity index (χ4v) is 4.81. The molecule has 1 atom stereocenters.